The third kappa shape index (κ3) is 1.31. The van der Waals surface area contributed by atoms with Crippen molar-refractivity contribution >= 4 is 5.65 Å². The molecule has 0 amide bonds. The number of nitrogens with two attached hydrogens (primary N) is 1. The molecule has 2 aromatic rings. The van der Waals surface area contributed by atoms with E-state index >= 15 is 0 Å². The molecule has 0 unspecified atom stereocenters. The summed E-state index contributed by atoms with van der Waals surface area (Å²) in [5.74, 6) is 0. The van der Waals surface area contributed by atoms with Gasteiger partial charge in [-0.3, -0.25) is 9.89 Å². The Bertz CT molecular complexity index is 523. The largest absolute Gasteiger partial charge is 0.323 e. The SMILES string of the molecule is Cc1cc2nc([C@H](C)N)cc(=O)n2[nH]1. The molecule has 1 atom stereocenters. The molecular weight excluding hydrogens is 180 g/mol. The summed E-state index contributed by atoms with van der Waals surface area (Å²) < 4.78 is 1.40. The second-order valence-electron chi connectivity index (χ2n) is 3.44. The van der Waals surface area contributed by atoms with E-state index in [-0.39, 0.29) is 11.6 Å². The lowest BCUT2D eigenvalue weighted by atomic mass is 10.2. The molecule has 5 nitrogen and oxygen atoms in total. The maximum absolute atomic E-state index is 11.6. The van der Waals surface area contributed by atoms with Gasteiger partial charge >= 0.3 is 0 Å². The maximum atomic E-state index is 11.6. The van der Waals surface area contributed by atoms with E-state index in [1.165, 1.54) is 10.6 Å². The van der Waals surface area contributed by atoms with Gasteiger partial charge in [-0.1, -0.05) is 0 Å². The lowest BCUT2D eigenvalue weighted by molar-refractivity contribution is 0.763. The van der Waals surface area contributed by atoms with Crippen LogP contribution in [-0.4, -0.2) is 14.6 Å². The summed E-state index contributed by atoms with van der Waals surface area (Å²) in [5, 5.41) is 2.89. The van der Waals surface area contributed by atoms with Crippen molar-refractivity contribution in [1.82, 2.24) is 14.6 Å². The third-order valence-electron chi connectivity index (χ3n) is 2.06. The van der Waals surface area contributed by atoms with E-state index in [4.69, 9.17) is 5.73 Å². The number of aromatic nitrogens is 3. The standard InChI is InChI=1S/C9H12N4O/c1-5-3-8-11-7(6(2)10)4-9(14)13(8)12-5/h3-4,6,12H,10H2,1-2H3/t6-/m0/s1. The molecule has 2 rings (SSSR count). The van der Waals surface area contributed by atoms with Crippen molar-refractivity contribution in [3.63, 3.8) is 0 Å². The number of H-pyrrole nitrogens is 1. The number of rotatable bonds is 1. The van der Waals surface area contributed by atoms with Crippen LogP contribution in [0.5, 0.6) is 0 Å². The van der Waals surface area contributed by atoms with Crippen LogP contribution >= 0.6 is 0 Å². The smallest absolute Gasteiger partial charge is 0.272 e. The molecule has 0 aliphatic rings. The van der Waals surface area contributed by atoms with Crippen LogP contribution in [0.2, 0.25) is 0 Å². The Hall–Kier alpha value is -1.62. The third-order valence-corrected chi connectivity index (χ3v) is 2.06. The highest BCUT2D eigenvalue weighted by molar-refractivity contribution is 5.39. The Labute approximate surface area is 80.6 Å². The van der Waals surface area contributed by atoms with Crippen LogP contribution < -0.4 is 11.3 Å². The monoisotopic (exact) mass is 192 g/mol. The first-order valence-electron chi connectivity index (χ1n) is 4.43. The molecule has 0 fully saturated rings. The van der Waals surface area contributed by atoms with Crippen molar-refractivity contribution in [1.29, 1.82) is 0 Å². The Morgan fingerprint density at radius 2 is 2.29 bits per heavy atom. The molecule has 3 N–H and O–H groups in total. The van der Waals surface area contributed by atoms with E-state index in [0.717, 1.165) is 5.69 Å². The van der Waals surface area contributed by atoms with Gasteiger partial charge in [-0.25, -0.2) is 9.50 Å². The van der Waals surface area contributed by atoms with Crippen LogP contribution in [0.15, 0.2) is 16.9 Å². The highest BCUT2D eigenvalue weighted by Crippen LogP contribution is 2.06. The first-order chi connectivity index (χ1) is 6.58. The van der Waals surface area contributed by atoms with Gasteiger partial charge in [-0.05, 0) is 13.8 Å². The summed E-state index contributed by atoms with van der Waals surface area (Å²) in [6, 6.07) is 3.05. The fourth-order valence-electron chi connectivity index (χ4n) is 1.36. The van der Waals surface area contributed by atoms with E-state index < -0.39 is 0 Å². The molecular formula is C9H12N4O. The number of aryl methyl sites for hydroxylation is 1. The molecule has 0 aliphatic carbocycles. The molecule has 0 spiro atoms. The van der Waals surface area contributed by atoms with Crippen LogP contribution in [0.25, 0.3) is 5.65 Å². The van der Waals surface area contributed by atoms with Crippen LogP contribution in [-0.2, 0) is 0 Å². The molecule has 0 bridgehead atoms. The van der Waals surface area contributed by atoms with Crippen LogP contribution in [0.1, 0.15) is 24.4 Å². The quantitative estimate of drug-likeness (QED) is 0.684. The van der Waals surface area contributed by atoms with Crippen LogP contribution in [0.4, 0.5) is 0 Å². The number of aromatic amines is 1. The number of nitrogens with zero attached hydrogens (tertiary/aromatic N) is 2. The van der Waals surface area contributed by atoms with Gasteiger partial charge < -0.3 is 5.73 Å². The first-order valence-corrected chi connectivity index (χ1v) is 4.43. The number of fused-ring (bicyclic) bond motifs is 1. The second-order valence-corrected chi connectivity index (χ2v) is 3.44. The average Bonchev–Trinajstić information content (AvgIpc) is 2.45. The zero-order valence-corrected chi connectivity index (χ0v) is 8.11. The summed E-state index contributed by atoms with van der Waals surface area (Å²) in [4.78, 5) is 15.8. The van der Waals surface area contributed by atoms with Gasteiger partial charge in [0.1, 0.15) is 0 Å². The molecule has 0 aliphatic heterocycles. The van der Waals surface area contributed by atoms with Crippen LogP contribution in [0.3, 0.4) is 0 Å². The van der Waals surface area contributed by atoms with E-state index in [1.54, 1.807) is 6.92 Å². The fraction of sp³-hybridized carbons (Fsp3) is 0.333. The molecule has 2 heterocycles. The summed E-state index contributed by atoms with van der Waals surface area (Å²) >= 11 is 0. The molecule has 2 aromatic heterocycles. The van der Waals surface area contributed by atoms with Gasteiger partial charge in [0.2, 0.25) is 0 Å². The summed E-state index contributed by atoms with van der Waals surface area (Å²) in [5.41, 5.74) is 7.66. The van der Waals surface area contributed by atoms with Gasteiger partial charge in [-0.2, -0.15) is 0 Å². The highest BCUT2D eigenvalue weighted by atomic mass is 16.1. The predicted molar refractivity (Wildman–Crippen MR) is 53.2 cm³/mol. The Balaban J connectivity index is 2.78. The van der Waals surface area contributed by atoms with Gasteiger partial charge in [0.25, 0.3) is 5.56 Å². The minimum absolute atomic E-state index is 0.129. The van der Waals surface area contributed by atoms with Crippen molar-refractivity contribution in [2.75, 3.05) is 0 Å². The van der Waals surface area contributed by atoms with Gasteiger partial charge in [0.05, 0.1) is 5.69 Å². The summed E-state index contributed by atoms with van der Waals surface area (Å²) in [6.45, 7) is 3.68. The van der Waals surface area contributed by atoms with Crippen molar-refractivity contribution in [3.05, 3.63) is 33.9 Å². The van der Waals surface area contributed by atoms with E-state index in [0.29, 0.717) is 11.3 Å². The zero-order chi connectivity index (χ0) is 10.3. The van der Waals surface area contributed by atoms with Crippen molar-refractivity contribution < 1.29 is 0 Å². The molecule has 5 heteroatoms. The number of hydrogen-bond donors (Lipinski definition) is 2. The predicted octanol–water partition coefficient (Wildman–Crippen LogP) is 0.351. The maximum Gasteiger partial charge on any atom is 0.272 e. The molecule has 74 valence electrons. The van der Waals surface area contributed by atoms with E-state index in [9.17, 15) is 4.79 Å². The molecule has 0 radical (unpaired) electrons. The Morgan fingerprint density at radius 3 is 2.93 bits per heavy atom. The van der Waals surface area contributed by atoms with Gasteiger partial charge in [0.15, 0.2) is 5.65 Å². The first kappa shape index (κ1) is 8.96. The Morgan fingerprint density at radius 1 is 1.57 bits per heavy atom. The normalized spacial score (nSPS) is 13.4. The van der Waals surface area contributed by atoms with E-state index in [2.05, 4.69) is 10.1 Å². The highest BCUT2D eigenvalue weighted by Gasteiger charge is 2.06. The molecule has 0 saturated heterocycles. The molecule has 0 saturated carbocycles. The lowest BCUT2D eigenvalue weighted by Gasteiger charge is -2.03. The van der Waals surface area contributed by atoms with Crippen molar-refractivity contribution in [3.8, 4) is 0 Å². The number of hydrogen-bond acceptors (Lipinski definition) is 3. The molecule has 0 aromatic carbocycles. The summed E-state index contributed by atoms with van der Waals surface area (Å²) in [6.07, 6.45) is 0. The topological polar surface area (TPSA) is 76.2 Å². The Kier molecular flexibility index (Phi) is 1.89. The van der Waals surface area contributed by atoms with Gasteiger partial charge in [-0.15, -0.1) is 0 Å². The minimum atomic E-state index is -0.220. The fourth-order valence-corrected chi connectivity index (χ4v) is 1.36. The lowest BCUT2D eigenvalue weighted by Crippen LogP contribution is -2.18. The van der Waals surface area contributed by atoms with Crippen molar-refractivity contribution in [2.45, 2.75) is 19.9 Å². The average molecular weight is 192 g/mol. The van der Waals surface area contributed by atoms with Gasteiger partial charge in [0, 0.05) is 23.9 Å². The molecule has 14 heavy (non-hydrogen) atoms. The number of nitrogens with one attached hydrogen (secondary N) is 1. The summed E-state index contributed by atoms with van der Waals surface area (Å²) in [7, 11) is 0. The second kappa shape index (κ2) is 2.95. The van der Waals surface area contributed by atoms with Crippen LogP contribution in [0, 0.1) is 6.92 Å². The van der Waals surface area contributed by atoms with E-state index in [1.807, 2.05) is 13.0 Å². The minimum Gasteiger partial charge on any atom is -0.323 e. The van der Waals surface area contributed by atoms with Crippen molar-refractivity contribution in [2.24, 2.45) is 5.73 Å². The zero-order valence-electron chi connectivity index (χ0n) is 8.11.